The van der Waals surface area contributed by atoms with E-state index in [1.807, 2.05) is 0 Å². The van der Waals surface area contributed by atoms with Crippen LogP contribution >= 0.6 is 0 Å². The van der Waals surface area contributed by atoms with Crippen molar-refractivity contribution in [2.24, 2.45) is 0 Å². The van der Waals surface area contributed by atoms with Gasteiger partial charge in [-0.3, -0.25) is 4.79 Å². The zero-order chi connectivity index (χ0) is 14.0. The van der Waals surface area contributed by atoms with Crippen LogP contribution in [0.1, 0.15) is 27.2 Å². The lowest BCUT2D eigenvalue weighted by Gasteiger charge is -2.07. The van der Waals surface area contributed by atoms with Gasteiger partial charge in [0, 0.05) is 6.42 Å². The molecule has 0 aliphatic carbocycles. The molecule has 1 heterocycles. The predicted octanol–water partition coefficient (Wildman–Crippen LogP) is 4.03. The molecule has 0 bridgehead atoms. The maximum atomic E-state index is 12.4. The first-order valence-corrected chi connectivity index (χ1v) is 5.61. The van der Waals surface area contributed by atoms with Crippen LogP contribution in [0.3, 0.4) is 0 Å². The highest BCUT2D eigenvalue weighted by atomic mass is 19.4. The summed E-state index contributed by atoms with van der Waals surface area (Å²) in [5.41, 5.74) is 0.517. The maximum absolute atomic E-state index is 12.4. The number of carbonyl (C=O) groups excluding carboxylic acids is 1. The smallest absolute Gasteiger partial charge is 0.416 e. The third-order valence-electron chi connectivity index (χ3n) is 2.76. The Morgan fingerprint density at radius 2 is 1.79 bits per heavy atom. The van der Waals surface area contributed by atoms with E-state index in [1.165, 1.54) is 18.4 Å². The lowest BCUT2D eigenvalue weighted by molar-refractivity contribution is -0.137. The van der Waals surface area contributed by atoms with Crippen LogP contribution in [0.2, 0.25) is 0 Å². The first kappa shape index (κ1) is 13.4. The zero-order valence-electron chi connectivity index (χ0n) is 10.1. The van der Waals surface area contributed by atoms with Crippen LogP contribution in [0, 0.1) is 6.92 Å². The number of furan rings is 1. The molecule has 2 rings (SSSR count). The number of halogens is 3. The molecule has 0 radical (unpaired) electrons. The van der Waals surface area contributed by atoms with E-state index in [0.29, 0.717) is 5.56 Å². The van der Waals surface area contributed by atoms with Crippen molar-refractivity contribution in [3.05, 3.63) is 59.0 Å². The third kappa shape index (κ3) is 3.05. The Hall–Kier alpha value is -2.04. The SMILES string of the molecule is Cc1ccoc1C(=O)Cc1ccc(C(F)(F)F)cc1. The second-order valence-electron chi connectivity index (χ2n) is 4.23. The number of aryl methyl sites for hydroxylation is 1. The van der Waals surface area contributed by atoms with Gasteiger partial charge in [0.2, 0.25) is 5.78 Å². The predicted molar refractivity (Wildman–Crippen MR) is 62.9 cm³/mol. The minimum atomic E-state index is -4.36. The van der Waals surface area contributed by atoms with Gasteiger partial charge in [-0.1, -0.05) is 12.1 Å². The zero-order valence-corrected chi connectivity index (χ0v) is 10.1. The molecular formula is C14H11F3O2. The molecule has 0 saturated carbocycles. The molecule has 0 fully saturated rings. The van der Waals surface area contributed by atoms with Crippen molar-refractivity contribution < 1.29 is 22.4 Å². The molecular weight excluding hydrogens is 257 g/mol. The Balaban J connectivity index is 2.12. The van der Waals surface area contributed by atoms with Crippen LogP contribution in [-0.2, 0) is 12.6 Å². The summed E-state index contributed by atoms with van der Waals surface area (Å²) in [6.07, 6.45) is -2.93. The molecule has 0 unspecified atom stereocenters. The highest BCUT2D eigenvalue weighted by Gasteiger charge is 2.30. The molecule has 1 aromatic carbocycles. The van der Waals surface area contributed by atoms with Gasteiger partial charge in [-0.25, -0.2) is 0 Å². The van der Waals surface area contributed by atoms with E-state index in [0.717, 1.165) is 17.7 Å². The normalized spacial score (nSPS) is 11.6. The lowest BCUT2D eigenvalue weighted by Crippen LogP contribution is -2.06. The van der Waals surface area contributed by atoms with Gasteiger partial charge in [-0.2, -0.15) is 13.2 Å². The Morgan fingerprint density at radius 1 is 1.16 bits per heavy atom. The van der Waals surface area contributed by atoms with Crippen LogP contribution in [0.25, 0.3) is 0 Å². The fourth-order valence-corrected chi connectivity index (χ4v) is 1.74. The van der Waals surface area contributed by atoms with Crippen LogP contribution < -0.4 is 0 Å². The second-order valence-corrected chi connectivity index (χ2v) is 4.23. The highest BCUT2D eigenvalue weighted by molar-refractivity contribution is 5.96. The first-order valence-electron chi connectivity index (χ1n) is 5.61. The van der Waals surface area contributed by atoms with E-state index in [1.54, 1.807) is 13.0 Å². The summed E-state index contributed by atoms with van der Waals surface area (Å²) in [5, 5.41) is 0. The number of Topliss-reactive ketones (excluding diaryl/α,β-unsaturated/α-hetero) is 1. The molecule has 5 heteroatoms. The Kier molecular flexibility index (Phi) is 3.46. The molecule has 2 aromatic rings. The van der Waals surface area contributed by atoms with Crippen molar-refractivity contribution in [3.63, 3.8) is 0 Å². The Bertz CT molecular complexity index is 579. The topological polar surface area (TPSA) is 30.2 Å². The van der Waals surface area contributed by atoms with Gasteiger partial charge in [-0.15, -0.1) is 0 Å². The van der Waals surface area contributed by atoms with Crippen molar-refractivity contribution in [3.8, 4) is 0 Å². The molecule has 0 aliphatic heterocycles. The fraction of sp³-hybridized carbons (Fsp3) is 0.214. The first-order chi connectivity index (χ1) is 8.88. The standard InChI is InChI=1S/C14H11F3O2/c1-9-6-7-19-13(9)12(18)8-10-2-4-11(5-3-10)14(15,16)17/h2-7H,8H2,1H3. The maximum Gasteiger partial charge on any atom is 0.416 e. The van der Waals surface area contributed by atoms with Crippen LogP contribution in [-0.4, -0.2) is 5.78 Å². The molecule has 0 atom stereocenters. The third-order valence-corrected chi connectivity index (χ3v) is 2.76. The van der Waals surface area contributed by atoms with Crippen molar-refractivity contribution in [2.45, 2.75) is 19.5 Å². The van der Waals surface area contributed by atoms with Gasteiger partial charge in [0.25, 0.3) is 0 Å². The van der Waals surface area contributed by atoms with Crippen LogP contribution in [0.15, 0.2) is 41.0 Å². The summed E-state index contributed by atoms with van der Waals surface area (Å²) in [6, 6.07) is 6.22. The molecule has 0 saturated heterocycles. The molecule has 2 nitrogen and oxygen atoms in total. The molecule has 19 heavy (non-hydrogen) atoms. The molecule has 0 spiro atoms. The van der Waals surface area contributed by atoms with Crippen molar-refractivity contribution in [1.29, 1.82) is 0 Å². The average Bonchev–Trinajstić information content (AvgIpc) is 2.75. The van der Waals surface area contributed by atoms with Crippen LogP contribution in [0.5, 0.6) is 0 Å². The van der Waals surface area contributed by atoms with Crippen molar-refractivity contribution in [1.82, 2.24) is 0 Å². The van der Waals surface area contributed by atoms with E-state index in [9.17, 15) is 18.0 Å². The largest absolute Gasteiger partial charge is 0.461 e. The minimum absolute atomic E-state index is 0.0203. The fourth-order valence-electron chi connectivity index (χ4n) is 1.74. The van der Waals surface area contributed by atoms with Gasteiger partial charge in [0.05, 0.1) is 11.8 Å². The van der Waals surface area contributed by atoms with Crippen LogP contribution in [0.4, 0.5) is 13.2 Å². The second kappa shape index (κ2) is 4.91. The number of hydrogen-bond acceptors (Lipinski definition) is 2. The quantitative estimate of drug-likeness (QED) is 0.787. The minimum Gasteiger partial charge on any atom is -0.461 e. The number of benzene rings is 1. The summed E-state index contributed by atoms with van der Waals surface area (Å²) in [4.78, 5) is 11.9. The summed E-state index contributed by atoms with van der Waals surface area (Å²) in [6.45, 7) is 1.74. The van der Waals surface area contributed by atoms with E-state index >= 15 is 0 Å². The van der Waals surface area contributed by atoms with Gasteiger partial charge >= 0.3 is 6.18 Å². The summed E-state index contributed by atoms with van der Waals surface area (Å²) < 4.78 is 42.2. The van der Waals surface area contributed by atoms with Gasteiger partial charge in [0.15, 0.2) is 5.76 Å². The number of hydrogen-bond donors (Lipinski definition) is 0. The Morgan fingerprint density at radius 3 is 2.26 bits per heavy atom. The summed E-state index contributed by atoms with van der Waals surface area (Å²) in [5.74, 6) is 0.00200. The average molecular weight is 268 g/mol. The molecule has 1 aromatic heterocycles. The number of rotatable bonds is 3. The van der Waals surface area contributed by atoms with Gasteiger partial charge in [0.1, 0.15) is 0 Å². The molecule has 0 N–H and O–H groups in total. The molecule has 100 valence electrons. The number of ketones is 1. The number of carbonyl (C=O) groups is 1. The number of alkyl halides is 3. The molecule has 0 aliphatic rings. The van der Waals surface area contributed by atoms with Crippen molar-refractivity contribution in [2.75, 3.05) is 0 Å². The van der Waals surface area contributed by atoms with E-state index in [-0.39, 0.29) is 18.0 Å². The molecule has 0 amide bonds. The monoisotopic (exact) mass is 268 g/mol. The Labute approximate surface area is 107 Å². The van der Waals surface area contributed by atoms with E-state index in [2.05, 4.69) is 0 Å². The summed E-state index contributed by atoms with van der Waals surface area (Å²) >= 11 is 0. The van der Waals surface area contributed by atoms with Gasteiger partial charge in [-0.05, 0) is 36.2 Å². The summed E-state index contributed by atoms with van der Waals surface area (Å²) in [7, 11) is 0. The van der Waals surface area contributed by atoms with E-state index < -0.39 is 11.7 Å². The van der Waals surface area contributed by atoms with E-state index in [4.69, 9.17) is 4.42 Å². The lowest BCUT2D eigenvalue weighted by atomic mass is 10.0. The highest BCUT2D eigenvalue weighted by Crippen LogP contribution is 2.29. The van der Waals surface area contributed by atoms with Crippen molar-refractivity contribution >= 4 is 5.78 Å². The van der Waals surface area contributed by atoms with Gasteiger partial charge < -0.3 is 4.42 Å².